The molecule has 0 aromatic heterocycles. The molecule has 1 nitrogen and oxygen atoms in total. The number of hydrogen-bond acceptors (Lipinski definition) is 1. The molecule has 0 amide bonds. The van der Waals surface area contributed by atoms with Crippen LogP contribution in [0.4, 0.5) is 0 Å². The van der Waals surface area contributed by atoms with E-state index >= 15 is 0 Å². The van der Waals surface area contributed by atoms with Gasteiger partial charge in [-0.2, -0.15) is 0 Å². The van der Waals surface area contributed by atoms with Gasteiger partial charge in [0.2, 0.25) is 0 Å². The molecule has 0 saturated heterocycles. The first kappa shape index (κ1) is 10.6. The van der Waals surface area contributed by atoms with Crippen molar-refractivity contribution in [3.05, 3.63) is 46.0 Å². The molecule has 0 atom stereocenters. The van der Waals surface area contributed by atoms with Gasteiger partial charge in [0.15, 0.2) is 5.78 Å². The highest BCUT2D eigenvalue weighted by Gasteiger charge is 2.14. The van der Waals surface area contributed by atoms with Crippen LogP contribution in [0.5, 0.6) is 0 Å². The van der Waals surface area contributed by atoms with Crippen LogP contribution >= 0.6 is 15.9 Å². The molecular formula is C13H13BrO. The summed E-state index contributed by atoms with van der Waals surface area (Å²) in [6, 6.07) is 8.08. The maximum absolute atomic E-state index is 11.6. The number of ketones is 1. The molecule has 0 unspecified atom stereocenters. The first-order valence-electron chi connectivity index (χ1n) is 5.23. The third-order valence-corrected chi connectivity index (χ3v) is 3.47. The van der Waals surface area contributed by atoms with Crippen molar-refractivity contribution in [2.45, 2.75) is 25.7 Å². The summed E-state index contributed by atoms with van der Waals surface area (Å²) < 4.78 is 1.09. The summed E-state index contributed by atoms with van der Waals surface area (Å²) in [5, 5.41) is 0. The Balaban J connectivity index is 2.18. The Hall–Kier alpha value is -0.890. The van der Waals surface area contributed by atoms with Gasteiger partial charge in [-0.25, -0.2) is 0 Å². The topological polar surface area (TPSA) is 17.1 Å². The van der Waals surface area contributed by atoms with Gasteiger partial charge in [-0.1, -0.05) is 40.2 Å². The molecule has 1 aromatic rings. The van der Waals surface area contributed by atoms with E-state index in [9.17, 15) is 4.79 Å². The second-order valence-electron chi connectivity index (χ2n) is 3.81. The predicted octanol–water partition coefficient (Wildman–Crippen LogP) is 3.67. The van der Waals surface area contributed by atoms with E-state index in [0.717, 1.165) is 35.7 Å². The Bertz CT molecular complexity index is 407. The molecule has 0 aliphatic heterocycles. The third kappa shape index (κ3) is 2.57. The fraction of sp³-hybridized carbons (Fsp3) is 0.308. The number of benzene rings is 1. The first-order chi connectivity index (χ1) is 7.27. The second kappa shape index (κ2) is 4.75. The van der Waals surface area contributed by atoms with E-state index in [1.54, 1.807) is 0 Å². The summed E-state index contributed by atoms with van der Waals surface area (Å²) in [4.78, 5) is 11.6. The van der Waals surface area contributed by atoms with Crippen molar-refractivity contribution in [2.75, 3.05) is 0 Å². The molecule has 0 saturated carbocycles. The van der Waals surface area contributed by atoms with Crippen molar-refractivity contribution in [1.29, 1.82) is 0 Å². The minimum atomic E-state index is 0.317. The Morgan fingerprint density at radius 1 is 1.27 bits per heavy atom. The normalized spacial score (nSPS) is 16.3. The number of halogens is 1. The molecule has 0 fully saturated rings. The van der Waals surface area contributed by atoms with Crippen LogP contribution in [0, 0.1) is 0 Å². The van der Waals surface area contributed by atoms with Crippen LogP contribution < -0.4 is 0 Å². The number of carbonyl (C=O) groups is 1. The van der Waals surface area contributed by atoms with Crippen LogP contribution in [0.15, 0.2) is 40.4 Å². The predicted molar refractivity (Wildman–Crippen MR) is 64.8 cm³/mol. The fourth-order valence-corrected chi connectivity index (χ4v) is 2.26. The molecule has 15 heavy (non-hydrogen) atoms. The van der Waals surface area contributed by atoms with Gasteiger partial charge in [-0.15, -0.1) is 0 Å². The lowest BCUT2D eigenvalue weighted by atomic mass is 9.93. The fourth-order valence-electron chi connectivity index (χ4n) is 1.83. The molecule has 1 aliphatic rings. The quantitative estimate of drug-likeness (QED) is 0.797. The lowest BCUT2D eigenvalue weighted by Crippen LogP contribution is -2.09. The lowest BCUT2D eigenvalue weighted by Gasteiger charge is -2.12. The van der Waals surface area contributed by atoms with Gasteiger partial charge in [0.1, 0.15) is 0 Å². The summed E-state index contributed by atoms with van der Waals surface area (Å²) in [6.45, 7) is 0. The molecule has 0 heterocycles. The van der Waals surface area contributed by atoms with Crippen LogP contribution in [0.3, 0.4) is 0 Å². The minimum Gasteiger partial charge on any atom is -0.295 e. The van der Waals surface area contributed by atoms with E-state index < -0.39 is 0 Å². The van der Waals surface area contributed by atoms with Crippen LogP contribution in [-0.2, 0) is 11.2 Å². The summed E-state index contributed by atoms with van der Waals surface area (Å²) in [5.41, 5.74) is 2.17. The van der Waals surface area contributed by atoms with Gasteiger partial charge in [0, 0.05) is 17.3 Å². The Morgan fingerprint density at radius 2 is 2.07 bits per heavy atom. The molecule has 0 radical (unpaired) electrons. The Kier molecular flexibility index (Phi) is 3.37. The molecule has 0 N–H and O–H groups in total. The van der Waals surface area contributed by atoms with Crippen molar-refractivity contribution >= 4 is 21.7 Å². The SMILES string of the molecule is O=C1CCCC=C1Cc1ccccc1Br. The summed E-state index contributed by atoms with van der Waals surface area (Å²) in [7, 11) is 0. The van der Waals surface area contributed by atoms with E-state index in [4.69, 9.17) is 0 Å². The summed E-state index contributed by atoms with van der Waals surface area (Å²) >= 11 is 3.50. The highest BCUT2D eigenvalue weighted by Crippen LogP contribution is 2.23. The number of carbonyl (C=O) groups excluding carboxylic acids is 1. The van der Waals surface area contributed by atoms with E-state index in [1.807, 2.05) is 18.2 Å². The van der Waals surface area contributed by atoms with Gasteiger partial charge in [-0.3, -0.25) is 4.79 Å². The molecule has 1 aromatic carbocycles. The van der Waals surface area contributed by atoms with Gasteiger partial charge in [0.05, 0.1) is 0 Å². The molecule has 2 rings (SSSR count). The average molecular weight is 265 g/mol. The summed E-state index contributed by atoms with van der Waals surface area (Å²) in [5.74, 6) is 0.317. The van der Waals surface area contributed by atoms with Crippen molar-refractivity contribution in [3.63, 3.8) is 0 Å². The number of Topliss-reactive ketones (excluding diaryl/α,β-unsaturated/α-hetero) is 1. The summed E-state index contributed by atoms with van der Waals surface area (Å²) in [6.07, 6.45) is 5.63. The zero-order valence-corrected chi connectivity index (χ0v) is 10.1. The van der Waals surface area contributed by atoms with Crippen LogP contribution in [0.2, 0.25) is 0 Å². The smallest absolute Gasteiger partial charge is 0.158 e. The van der Waals surface area contributed by atoms with Crippen molar-refractivity contribution in [2.24, 2.45) is 0 Å². The maximum Gasteiger partial charge on any atom is 0.158 e. The maximum atomic E-state index is 11.6. The lowest BCUT2D eigenvalue weighted by molar-refractivity contribution is -0.116. The molecule has 0 bridgehead atoms. The van der Waals surface area contributed by atoms with Crippen LogP contribution in [-0.4, -0.2) is 5.78 Å². The largest absolute Gasteiger partial charge is 0.295 e. The van der Waals surface area contributed by atoms with E-state index in [2.05, 4.69) is 28.1 Å². The monoisotopic (exact) mass is 264 g/mol. The molecule has 1 aliphatic carbocycles. The van der Waals surface area contributed by atoms with E-state index in [1.165, 1.54) is 5.56 Å². The standard InChI is InChI=1S/C13H13BrO/c14-12-7-3-1-5-10(12)9-11-6-2-4-8-13(11)15/h1,3,5-7H,2,4,8-9H2. The van der Waals surface area contributed by atoms with Crippen LogP contribution in [0.25, 0.3) is 0 Å². The number of rotatable bonds is 2. The highest BCUT2D eigenvalue weighted by atomic mass is 79.9. The van der Waals surface area contributed by atoms with Crippen molar-refractivity contribution in [3.8, 4) is 0 Å². The number of allylic oxidation sites excluding steroid dienone is 2. The molecule has 2 heteroatoms. The second-order valence-corrected chi connectivity index (χ2v) is 4.67. The van der Waals surface area contributed by atoms with E-state index in [0.29, 0.717) is 5.78 Å². The Labute approximate surface area is 98.3 Å². The average Bonchev–Trinajstić information content (AvgIpc) is 2.24. The molecule has 0 spiro atoms. The van der Waals surface area contributed by atoms with Gasteiger partial charge in [-0.05, 0) is 30.0 Å². The van der Waals surface area contributed by atoms with Crippen molar-refractivity contribution < 1.29 is 4.79 Å². The first-order valence-corrected chi connectivity index (χ1v) is 6.02. The minimum absolute atomic E-state index is 0.317. The molecule has 78 valence electrons. The van der Waals surface area contributed by atoms with Crippen molar-refractivity contribution in [1.82, 2.24) is 0 Å². The third-order valence-electron chi connectivity index (χ3n) is 2.70. The van der Waals surface area contributed by atoms with Gasteiger partial charge in [0.25, 0.3) is 0 Å². The van der Waals surface area contributed by atoms with Crippen LogP contribution in [0.1, 0.15) is 24.8 Å². The zero-order chi connectivity index (χ0) is 10.7. The zero-order valence-electron chi connectivity index (χ0n) is 8.50. The number of hydrogen-bond donors (Lipinski definition) is 0. The van der Waals surface area contributed by atoms with Gasteiger partial charge < -0.3 is 0 Å². The molecular weight excluding hydrogens is 252 g/mol. The highest BCUT2D eigenvalue weighted by molar-refractivity contribution is 9.10. The van der Waals surface area contributed by atoms with Gasteiger partial charge >= 0.3 is 0 Å². The Morgan fingerprint density at radius 3 is 2.80 bits per heavy atom. The van der Waals surface area contributed by atoms with E-state index in [-0.39, 0.29) is 0 Å².